The molecular weight excluding hydrogens is 270 g/mol. The van der Waals surface area contributed by atoms with Gasteiger partial charge >= 0.3 is 0 Å². The summed E-state index contributed by atoms with van der Waals surface area (Å²) in [7, 11) is 1.54. The van der Waals surface area contributed by atoms with Crippen molar-refractivity contribution in [3.05, 3.63) is 38.9 Å². The van der Waals surface area contributed by atoms with Gasteiger partial charge < -0.3 is 4.90 Å². The second-order valence-electron chi connectivity index (χ2n) is 4.08. The molecule has 1 atom stereocenters. The van der Waals surface area contributed by atoms with Gasteiger partial charge in [0.15, 0.2) is 0 Å². The number of benzene rings is 1. The summed E-state index contributed by atoms with van der Waals surface area (Å²) in [5, 5.41) is 19.4. The molecule has 1 amide bonds. The van der Waals surface area contributed by atoms with E-state index in [1.807, 2.05) is 6.07 Å². The number of nitrogens with zero attached hydrogens (tertiary/aromatic N) is 3. The van der Waals surface area contributed by atoms with E-state index in [1.54, 1.807) is 6.92 Å². The lowest BCUT2D eigenvalue weighted by molar-refractivity contribution is -0.384. The molecule has 1 aromatic carbocycles. The normalized spacial score (nSPS) is 11.5. The minimum Gasteiger partial charge on any atom is -0.338 e. The predicted octanol–water partition coefficient (Wildman–Crippen LogP) is 2.62. The molecular formula is C12H12ClN3O3. The maximum atomic E-state index is 12.1. The molecule has 1 unspecified atom stereocenters. The van der Waals surface area contributed by atoms with Crippen LogP contribution in [0.25, 0.3) is 0 Å². The van der Waals surface area contributed by atoms with Gasteiger partial charge in [-0.15, -0.1) is 0 Å². The van der Waals surface area contributed by atoms with Crippen LogP contribution in [-0.4, -0.2) is 28.8 Å². The average molecular weight is 282 g/mol. The van der Waals surface area contributed by atoms with Crippen LogP contribution in [0, 0.1) is 21.4 Å². The first-order valence-corrected chi connectivity index (χ1v) is 5.83. The number of rotatable bonds is 4. The van der Waals surface area contributed by atoms with E-state index in [1.165, 1.54) is 30.1 Å². The van der Waals surface area contributed by atoms with E-state index in [0.717, 1.165) is 0 Å². The molecule has 100 valence electrons. The average Bonchev–Trinajstić information content (AvgIpc) is 2.36. The lowest BCUT2D eigenvalue weighted by atomic mass is 10.1. The number of non-ortho nitro benzene ring substituents is 1. The van der Waals surface area contributed by atoms with Crippen molar-refractivity contribution in [3.63, 3.8) is 0 Å². The first-order chi connectivity index (χ1) is 8.86. The molecule has 0 fully saturated rings. The fourth-order valence-electron chi connectivity index (χ4n) is 1.48. The second kappa shape index (κ2) is 6.16. The number of hydrogen-bond donors (Lipinski definition) is 0. The molecule has 7 heteroatoms. The van der Waals surface area contributed by atoms with Gasteiger partial charge in [0, 0.05) is 35.8 Å². The standard InChI is InChI=1S/C12H12ClN3O3/c1-8(3-4-14)15(2)12(17)9-5-10(13)7-11(6-9)16(18)19/h5-8H,3H2,1-2H3. The van der Waals surface area contributed by atoms with Crippen LogP contribution >= 0.6 is 11.6 Å². The number of nitro groups is 1. The molecule has 19 heavy (non-hydrogen) atoms. The topological polar surface area (TPSA) is 87.2 Å². The van der Waals surface area contributed by atoms with Gasteiger partial charge in [0.05, 0.1) is 17.4 Å². The second-order valence-corrected chi connectivity index (χ2v) is 4.52. The molecule has 0 spiro atoms. The van der Waals surface area contributed by atoms with Gasteiger partial charge in [-0.25, -0.2) is 0 Å². The Hall–Kier alpha value is -2.13. The van der Waals surface area contributed by atoms with Crippen molar-refractivity contribution in [1.82, 2.24) is 4.90 Å². The monoisotopic (exact) mass is 281 g/mol. The number of nitriles is 1. The van der Waals surface area contributed by atoms with E-state index in [2.05, 4.69) is 0 Å². The predicted molar refractivity (Wildman–Crippen MR) is 69.9 cm³/mol. The Morgan fingerprint density at radius 3 is 2.74 bits per heavy atom. The van der Waals surface area contributed by atoms with Gasteiger partial charge in [0.1, 0.15) is 0 Å². The van der Waals surface area contributed by atoms with Crippen LogP contribution in [-0.2, 0) is 0 Å². The molecule has 0 N–H and O–H groups in total. The van der Waals surface area contributed by atoms with E-state index in [9.17, 15) is 14.9 Å². The maximum absolute atomic E-state index is 12.1. The van der Waals surface area contributed by atoms with Crippen molar-refractivity contribution < 1.29 is 9.72 Å². The summed E-state index contributed by atoms with van der Waals surface area (Å²) in [6.45, 7) is 1.72. The molecule has 0 aliphatic carbocycles. The Balaban J connectivity index is 3.06. The quantitative estimate of drug-likeness (QED) is 0.627. The van der Waals surface area contributed by atoms with Crippen LogP contribution < -0.4 is 0 Å². The van der Waals surface area contributed by atoms with Crippen LogP contribution in [0.15, 0.2) is 18.2 Å². The lowest BCUT2D eigenvalue weighted by Crippen LogP contribution is -2.34. The highest BCUT2D eigenvalue weighted by Crippen LogP contribution is 2.22. The summed E-state index contributed by atoms with van der Waals surface area (Å²) in [5.74, 6) is -0.409. The largest absolute Gasteiger partial charge is 0.338 e. The maximum Gasteiger partial charge on any atom is 0.271 e. The highest BCUT2D eigenvalue weighted by molar-refractivity contribution is 6.31. The zero-order valence-electron chi connectivity index (χ0n) is 10.5. The Kier molecular flexibility index (Phi) is 4.84. The molecule has 6 nitrogen and oxygen atoms in total. The van der Waals surface area contributed by atoms with Crippen LogP contribution in [0.3, 0.4) is 0 Å². The summed E-state index contributed by atoms with van der Waals surface area (Å²) < 4.78 is 0. The first kappa shape index (κ1) is 14.9. The molecule has 0 aromatic heterocycles. The molecule has 0 saturated heterocycles. The minimum atomic E-state index is -0.610. The van der Waals surface area contributed by atoms with Crippen molar-refractivity contribution >= 4 is 23.2 Å². The van der Waals surface area contributed by atoms with E-state index in [4.69, 9.17) is 16.9 Å². The number of carbonyl (C=O) groups excluding carboxylic acids is 1. The van der Waals surface area contributed by atoms with E-state index in [-0.39, 0.29) is 28.7 Å². The summed E-state index contributed by atoms with van der Waals surface area (Å²) >= 11 is 5.76. The highest BCUT2D eigenvalue weighted by Gasteiger charge is 2.20. The van der Waals surface area contributed by atoms with Crippen molar-refractivity contribution in [2.24, 2.45) is 0 Å². The third-order valence-electron chi connectivity index (χ3n) is 2.71. The Labute approximate surface area is 115 Å². The van der Waals surface area contributed by atoms with Crippen LogP contribution in [0.1, 0.15) is 23.7 Å². The summed E-state index contributed by atoms with van der Waals surface area (Å²) in [4.78, 5) is 23.6. The molecule has 0 bridgehead atoms. The third kappa shape index (κ3) is 3.66. The fraction of sp³-hybridized carbons (Fsp3) is 0.333. The molecule has 1 rings (SSSR count). The highest BCUT2D eigenvalue weighted by atomic mass is 35.5. The lowest BCUT2D eigenvalue weighted by Gasteiger charge is -2.22. The fourth-order valence-corrected chi connectivity index (χ4v) is 1.71. The van der Waals surface area contributed by atoms with Crippen molar-refractivity contribution in [3.8, 4) is 6.07 Å². The smallest absolute Gasteiger partial charge is 0.271 e. The van der Waals surface area contributed by atoms with Gasteiger partial charge in [-0.1, -0.05) is 11.6 Å². The zero-order valence-corrected chi connectivity index (χ0v) is 11.2. The van der Waals surface area contributed by atoms with Gasteiger partial charge in [0.25, 0.3) is 11.6 Å². The Morgan fingerprint density at radius 2 is 2.21 bits per heavy atom. The molecule has 0 heterocycles. The summed E-state index contributed by atoms with van der Waals surface area (Å²) in [5.41, 5.74) is -0.108. The Bertz CT molecular complexity index is 554. The summed E-state index contributed by atoms with van der Waals surface area (Å²) in [6, 6.07) is 5.40. The SMILES string of the molecule is CC(CC#N)N(C)C(=O)c1cc(Cl)cc([N+](=O)[O-])c1. The number of carbonyl (C=O) groups is 1. The molecule has 0 aliphatic rings. The minimum absolute atomic E-state index is 0.124. The number of nitro benzene ring substituents is 1. The third-order valence-corrected chi connectivity index (χ3v) is 2.93. The Morgan fingerprint density at radius 1 is 1.58 bits per heavy atom. The van der Waals surface area contributed by atoms with Gasteiger partial charge in [0.2, 0.25) is 0 Å². The van der Waals surface area contributed by atoms with Crippen LogP contribution in [0.5, 0.6) is 0 Å². The van der Waals surface area contributed by atoms with E-state index in [0.29, 0.717) is 0 Å². The molecule has 0 aliphatic heterocycles. The van der Waals surface area contributed by atoms with Gasteiger partial charge in [-0.2, -0.15) is 5.26 Å². The van der Waals surface area contributed by atoms with Crippen molar-refractivity contribution in [2.75, 3.05) is 7.05 Å². The zero-order chi connectivity index (χ0) is 14.6. The number of halogens is 1. The van der Waals surface area contributed by atoms with Gasteiger partial charge in [-0.05, 0) is 13.0 Å². The van der Waals surface area contributed by atoms with Gasteiger partial charge in [-0.3, -0.25) is 14.9 Å². The first-order valence-electron chi connectivity index (χ1n) is 5.46. The summed E-state index contributed by atoms with van der Waals surface area (Å²) in [6.07, 6.45) is 0.185. The van der Waals surface area contributed by atoms with Crippen molar-refractivity contribution in [2.45, 2.75) is 19.4 Å². The van der Waals surface area contributed by atoms with E-state index < -0.39 is 10.8 Å². The van der Waals surface area contributed by atoms with Crippen LogP contribution in [0.2, 0.25) is 5.02 Å². The van der Waals surface area contributed by atoms with Crippen LogP contribution in [0.4, 0.5) is 5.69 Å². The molecule has 0 radical (unpaired) electrons. The van der Waals surface area contributed by atoms with E-state index >= 15 is 0 Å². The van der Waals surface area contributed by atoms with Crippen molar-refractivity contribution in [1.29, 1.82) is 5.26 Å². The number of hydrogen-bond acceptors (Lipinski definition) is 4. The molecule has 0 saturated carbocycles. The molecule has 1 aromatic rings. The number of amides is 1.